The van der Waals surface area contributed by atoms with E-state index in [1.54, 1.807) is 37.4 Å². The van der Waals surface area contributed by atoms with Crippen molar-refractivity contribution in [1.29, 1.82) is 0 Å². The van der Waals surface area contributed by atoms with E-state index in [1.807, 2.05) is 0 Å². The Labute approximate surface area is 158 Å². The number of aromatic amines is 1. The maximum absolute atomic E-state index is 12.9. The van der Waals surface area contributed by atoms with Crippen LogP contribution in [-0.4, -0.2) is 27.8 Å². The van der Waals surface area contributed by atoms with Gasteiger partial charge in [0.15, 0.2) is 0 Å². The summed E-state index contributed by atoms with van der Waals surface area (Å²) in [4.78, 5) is 29.2. The number of rotatable bonds is 5. The smallest absolute Gasteiger partial charge is 0.276 e. The Kier molecular flexibility index (Phi) is 4.52. The van der Waals surface area contributed by atoms with Crippen molar-refractivity contribution >= 4 is 27.7 Å². The zero-order chi connectivity index (χ0) is 19.7. The number of nitrogens with zero attached hydrogens (tertiary/aromatic N) is 2. The summed E-state index contributed by atoms with van der Waals surface area (Å²) >= 11 is 0. The summed E-state index contributed by atoms with van der Waals surface area (Å²) in [5, 5.41) is 6.84. The second-order valence-electron chi connectivity index (χ2n) is 6.34. The molecular formula is C20H17FN4O3. The molecule has 0 aliphatic heterocycles. The first-order valence-electron chi connectivity index (χ1n) is 8.61. The minimum Gasteiger partial charge on any atom is -0.497 e. The number of carbonyl (C=O) groups excluding carboxylic acids is 1. The van der Waals surface area contributed by atoms with Crippen LogP contribution in [0.25, 0.3) is 21.8 Å². The van der Waals surface area contributed by atoms with Gasteiger partial charge in [0.1, 0.15) is 18.1 Å². The van der Waals surface area contributed by atoms with E-state index in [2.05, 4.69) is 15.4 Å². The van der Waals surface area contributed by atoms with Crippen molar-refractivity contribution in [3.63, 3.8) is 0 Å². The van der Waals surface area contributed by atoms with Gasteiger partial charge < -0.3 is 10.1 Å². The van der Waals surface area contributed by atoms with Crippen LogP contribution in [0.15, 0.2) is 53.5 Å². The Bertz CT molecular complexity index is 1230. The van der Waals surface area contributed by atoms with Gasteiger partial charge in [0.2, 0.25) is 5.91 Å². The second-order valence-corrected chi connectivity index (χ2v) is 6.34. The lowest BCUT2D eigenvalue weighted by Gasteiger charge is -2.06. The van der Waals surface area contributed by atoms with Crippen LogP contribution in [0.2, 0.25) is 0 Å². The molecule has 2 aromatic carbocycles. The summed E-state index contributed by atoms with van der Waals surface area (Å²) in [5.41, 5.74) is 1.74. The molecule has 0 radical (unpaired) electrons. The third-order valence-corrected chi connectivity index (χ3v) is 4.50. The molecule has 28 heavy (non-hydrogen) atoms. The molecule has 0 bridgehead atoms. The fourth-order valence-electron chi connectivity index (χ4n) is 3.03. The molecule has 0 fully saturated rings. The molecule has 1 amide bonds. The minimum absolute atomic E-state index is 0.166. The number of hydrogen-bond acceptors (Lipinski definition) is 4. The van der Waals surface area contributed by atoms with Crippen molar-refractivity contribution in [2.75, 3.05) is 7.11 Å². The molecule has 0 unspecified atom stereocenters. The molecule has 2 heterocycles. The number of aromatic nitrogens is 3. The highest BCUT2D eigenvalue weighted by Gasteiger charge is 2.13. The zero-order valence-electron chi connectivity index (χ0n) is 15.0. The number of ether oxygens (including phenoxy) is 1. The molecule has 0 aliphatic carbocycles. The number of halogens is 1. The van der Waals surface area contributed by atoms with Gasteiger partial charge >= 0.3 is 0 Å². The fraction of sp³-hybridized carbons (Fsp3) is 0.150. The van der Waals surface area contributed by atoms with Crippen molar-refractivity contribution in [3.8, 4) is 5.75 Å². The lowest BCUT2D eigenvalue weighted by molar-refractivity contribution is -0.122. The Morgan fingerprint density at radius 3 is 2.75 bits per heavy atom. The second kappa shape index (κ2) is 7.15. The topological polar surface area (TPSA) is 89.0 Å². The van der Waals surface area contributed by atoms with Crippen molar-refractivity contribution in [1.82, 2.24) is 20.1 Å². The van der Waals surface area contributed by atoms with Crippen LogP contribution in [0.5, 0.6) is 5.75 Å². The van der Waals surface area contributed by atoms with Crippen LogP contribution in [0.1, 0.15) is 5.56 Å². The molecule has 0 spiro atoms. The van der Waals surface area contributed by atoms with Crippen LogP contribution in [0.4, 0.5) is 4.39 Å². The van der Waals surface area contributed by atoms with Crippen LogP contribution in [0.3, 0.4) is 0 Å². The monoisotopic (exact) mass is 380 g/mol. The predicted octanol–water partition coefficient (Wildman–Crippen LogP) is 2.34. The number of methoxy groups -OCH3 is 1. The Hall–Kier alpha value is -3.68. The number of nitrogens with one attached hydrogen (secondary N) is 2. The van der Waals surface area contributed by atoms with Crippen molar-refractivity contribution < 1.29 is 13.9 Å². The zero-order valence-corrected chi connectivity index (χ0v) is 15.0. The van der Waals surface area contributed by atoms with Gasteiger partial charge in [-0.25, -0.2) is 9.07 Å². The Balaban J connectivity index is 1.59. The molecule has 7 nitrogen and oxygen atoms in total. The van der Waals surface area contributed by atoms with E-state index in [-0.39, 0.29) is 30.4 Å². The number of hydrogen-bond donors (Lipinski definition) is 2. The summed E-state index contributed by atoms with van der Waals surface area (Å²) in [6.45, 7) is 0.0793. The maximum Gasteiger partial charge on any atom is 0.276 e. The molecule has 0 saturated heterocycles. The van der Waals surface area contributed by atoms with Gasteiger partial charge in [0.05, 0.1) is 23.5 Å². The molecule has 4 aromatic rings. The van der Waals surface area contributed by atoms with Crippen LogP contribution < -0.4 is 15.6 Å². The summed E-state index contributed by atoms with van der Waals surface area (Å²) < 4.78 is 19.4. The maximum atomic E-state index is 12.9. The van der Waals surface area contributed by atoms with Crippen LogP contribution in [-0.2, 0) is 17.9 Å². The minimum atomic E-state index is -0.340. The van der Waals surface area contributed by atoms with E-state index in [0.29, 0.717) is 22.2 Å². The molecule has 142 valence electrons. The van der Waals surface area contributed by atoms with Gasteiger partial charge in [-0.2, -0.15) is 0 Å². The molecule has 8 heteroatoms. The highest BCUT2D eigenvalue weighted by atomic mass is 19.1. The van der Waals surface area contributed by atoms with Crippen LogP contribution in [0, 0.1) is 5.82 Å². The number of benzene rings is 2. The molecule has 0 atom stereocenters. The first-order chi connectivity index (χ1) is 13.5. The summed E-state index contributed by atoms with van der Waals surface area (Å²) in [7, 11) is 1.56. The quantitative estimate of drug-likeness (QED) is 0.556. The number of carbonyl (C=O) groups is 1. The fourth-order valence-corrected chi connectivity index (χ4v) is 3.03. The predicted molar refractivity (Wildman–Crippen MR) is 103 cm³/mol. The SMILES string of the molecule is COc1ccc2ncc3c(=O)n(CC(=O)NCc4ccc(F)cc4)[nH]c3c2c1. The first-order valence-corrected chi connectivity index (χ1v) is 8.61. The molecule has 2 N–H and O–H groups in total. The van der Waals surface area contributed by atoms with Gasteiger partial charge in [-0.05, 0) is 35.9 Å². The van der Waals surface area contributed by atoms with E-state index in [4.69, 9.17) is 4.74 Å². The molecule has 4 rings (SSSR count). The summed E-state index contributed by atoms with van der Waals surface area (Å²) in [6, 6.07) is 11.2. The number of pyridine rings is 1. The number of amides is 1. The van der Waals surface area contributed by atoms with Crippen LogP contribution >= 0.6 is 0 Å². The highest BCUT2D eigenvalue weighted by Crippen LogP contribution is 2.24. The highest BCUT2D eigenvalue weighted by molar-refractivity contribution is 6.03. The summed E-state index contributed by atoms with van der Waals surface area (Å²) in [5.74, 6) is -0.0302. The molecule has 0 saturated carbocycles. The van der Waals surface area contributed by atoms with Crippen molar-refractivity contribution in [3.05, 3.63) is 70.4 Å². The average molecular weight is 380 g/mol. The van der Waals surface area contributed by atoms with E-state index in [9.17, 15) is 14.0 Å². The van der Waals surface area contributed by atoms with E-state index in [1.165, 1.54) is 23.0 Å². The van der Waals surface area contributed by atoms with Gasteiger partial charge in [-0.15, -0.1) is 0 Å². The lowest BCUT2D eigenvalue weighted by atomic mass is 10.1. The molecule has 0 aliphatic rings. The Morgan fingerprint density at radius 2 is 2.00 bits per heavy atom. The van der Waals surface area contributed by atoms with Crippen molar-refractivity contribution in [2.45, 2.75) is 13.1 Å². The molecular weight excluding hydrogens is 363 g/mol. The Morgan fingerprint density at radius 1 is 1.21 bits per heavy atom. The first kappa shape index (κ1) is 17.7. The van der Waals surface area contributed by atoms with Crippen molar-refractivity contribution in [2.24, 2.45) is 0 Å². The lowest BCUT2D eigenvalue weighted by Crippen LogP contribution is -2.31. The normalized spacial score (nSPS) is 11.1. The average Bonchev–Trinajstić information content (AvgIpc) is 3.03. The standard InChI is InChI=1S/C20H17FN4O3/c1-28-14-6-7-17-15(8-14)19-16(10-22-17)20(27)25(24-19)11-18(26)23-9-12-2-4-13(21)5-3-12/h2-8,10,24H,9,11H2,1H3,(H,23,26). The largest absolute Gasteiger partial charge is 0.497 e. The molecule has 2 aromatic heterocycles. The van der Waals surface area contributed by atoms with Gasteiger partial charge in [0.25, 0.3) is 5.56 Å². The van der Waals surface area contributed by atoms with E-state index in [0.717, 1.165) is 10.9 Å². The third-order valence-electron chi connectivity index (χ3n) is 4.50. The van der Waals surface area contributed by atoms with E-state index < -0.39 is 0 Å². The van der Waals surface area contributed by atoms with Gasteiger partial charge in [0, 0.05) is 18.1 Å². The third kappa shape index (κ3) is 3.32. The van der Waals surface area contributed by atoms with E-state index >= 15 is 0 Å². The van der Waals surface area contributed by atoms with Gasteiger partial charge in [-0.3, -0.25) is 19.7 Å². The summed E-state index contributed by atoms with van der Waals surface area (Å²) in [6.07, 6.45) is 1.50. The van der Waals surface area contributed by atoms with Gasteiger partial charge in [-0.1, -0.05) is 12.1 Å². The number of H-pyrrole nitrogens is 1. The number of fused-ring (bicyclic) bond motifs is 3.